The lowest BCUT2D eigenvalue weighted by atomic mass is 10.2. The first-order valence-electron chi connectivity index (χ1n) is 5.81. The fraction of sp³-hybridized carbons (Fsp3) is 1.00. The van der Waals surface area contributed by atoms with Crippen molar-refractivity contribution in [1.82, 2.24) is 4.31 Å². The second-order valence-corrected chi connectivity index (χ2v) is 7.94. The van der Waals surface area contributed by atoms with E-state index in [0.717, 1.165) is 12.8 Å². The van der Waals surface area contributed by atoms with E-state index in [0.29, 0.717) is 44.0 Å². The predicted molar refractivity (Wildman–Crippen MR) is 66.3 cm³/mol. The Morgan fingerprint density at radius 3 is 2.19 bits per heavy atom. The Hall–Kier alpha value is 0.350. The average molecular weight is 312 g/mol. The standard InChI is InChI=1S/C10H18BrNO3S/c11-9-1-5-12(6-2-9)16(13,14)10-3-7-15-8-4-10/h9-10H,1-8H2. The Morgan fingerprint density at radius 1 is 1.06 bits per heavy atom. The van der Waals surface area contributed by atoms with Gasteiger partial charge in [0.05, 0.1) is 5.25 Å². The molecule has 16 heavy (non-hydrogen) atoms. The summed E-state index contributed by atoms with van der Waals surface area (Å²) in [6.45, 7) is 2.49. The molecule has 0 bridgehead atoms. The summed E-state index contributed by atoms with van der Waals surface area (Å²) in [6, 6.07) is 0. The molecule has 2 heterocycles. The van der Waals surface area contributed by atoms with E-state index in [1.807, 2.05) is 0 Å². The smallest absolute Gasteiger partial charge is 0.217 e. The molecule has 0 atom stereocenters. The van der Waals surface area contributed by atoms with Crippen molar-refractivity contribution in [2.75, 3.05) is 26.3 Å². The van der Waals surface area contributed by atoms with Crippen molar-refractivity contribution in [1.29, 1.82) is 0 Å². The van der Waals surface area contributed by atoms with Gasteiger partial charge >= 0.3 is 0 Å². The molecule has 2 saturated heterocycles. The third kappa shape index (κ3) is 2.78. The fourth-order valence-electron chi connectivity index (χ4n) is 2.26. The maximum absolute atomic E-state index is 12.3. The summed E-state index contributed by atoms with van der Waals surface area (Å²) in [6.07, 6.45) is 3.14. The number of halogens is 1. The summed E-state index contributed by atoms with van der Waals surface area (Å²) < 4.78 is 31.5. The molecule has 6 heteroatoms. The van der Waals surface area contributed by atoms with E-state index >= 15 is 0 Å². The van der Waals surface area contributed by atoms with Gasteiger partial charge < -0.3 is 4.74 Å². The van der Waals surface area contributed by atoms with E-state index in [1.165, 1.54) is 0 Å². The van der Waals surface area contributed by atoms with Gasteiger partial charge in [0, 0.05) is 31.1 Å². The third-order valence-corrected chi connectivity index (χ3v) is 6.65. The molecule has 2 aliphatic rings. The van der Waals surface area contributed by atoms with Crippen LogP contribution in [-0.4, -0.2) is 49.1 Å². The molecule has 0 aliphatic carbocycles. The van der Waals surface area contributed by atoms with Crippen molar-refractivity contribution in [3.8, 4) is 0 Å². The van der Waals surface area contributed by atoms with Gasteiger partial charge in [0.2, 0.25) is 10.0 Å². The molecule has 0 aromatic carbocycles. The summed E-state index contributed by atoms with van der Waals surface area (Å²) in [5.41, 5.74) is 0. The first kappa shape index (κ1) is 12.8. The third-order valence-electron chi connectivity index (χ3n) is 3.33. The summed E-state index contributed by atoms with van der Waals surface area (Å²) in [5, 5.41) is -0.215. The highest BCUT2D eigenvalue weighted by atomic mass is 79.9. The molecule has 0 spiro atoms. The molecule has 4 nitrogen and oxygen atoms in total. The fourth-order valence-corrected chi connectivity index (χ4v) is 4.60. The predicted octanol–water partition coefficient (Wildman–Crippen LogP) is 1.35. The topological polar surface area (TPSA) is 46.6 Å². The summed E-state index contributed by atoms with van der Waals surface area (Å²) in [5.74, 6) is 0. The Morgan fingerprint density at radius 2 is 1.62 bits per heavy atom. The van der Waals surface area contributed by atoms with Gasteiger partial charge in [-0.1, -0.05) is 15.9 Å². The van der Waals surface area contributed by atoms with E-state index in [2.05, 4.69) is 15.9 Å². The molecule has 0 radical (unpaired) electrons. The molecule has 2 rings (SSSR count). The number of hydrogen-bond donors (Lipinski definition) is 0. The van der Waals surface area contributed by atoms with E-state index < -0.39 is 10.0 Å². The van der Waals surface area contributed by atoms with Gasteiger partial charge in [-0.25, -0.2) is 12.7 Å². The lowest BCUT2D eigenvalue weighted by Crippen LogP contribution is -2.45. The van der Waals surface area contributed by atoms with Gasteiger partial charge in [0.15, 0.2) is 0 Å². The van der Waals surface area contributed by atoms with Gasteiger partial charge in [0.25, 0.3) is 0 Å². The first-order chi connectivity index (χ1) is 7.60. The maximum Gasteiger partial charge on any atom is 0.217 e. The van der Waals surface area contributed by atoms with Crippen LogP contribution in [0.4, 0.5) is 0 Å². The zero-order valence-corrected chi connectivity index (χ0v) is 11.7. The summed E-state index contributed by atoms with van der Waals surface area (Å²) in [7, 11) is -3.08. The number of nitrogens with zero attached hydrogens (tertiary/aromatic N) is 1. The molecule has 0 N–H and O–H groups in total. The molecule has 94 valence electrons. The van der Waals surface area contributed by atoms with Gasteiger partial charge in [-0.15, -0.1) is 0 Å². The summed E-state index contributed by atoms with van der Waals surface area (Å²) in [4.78, 5) is 0.480. The van der Waals surface area contributed by atoms with E-state index in [1.54, 1.807) is 4.31 Å². The van der Waals surface area contributed by atoms with Gasteiger partial charge in [-0.05, 0) is 25.7 Å². The van der Waals surface area contributed by atoms with Crippen LogP contribution in [0.15, 0.2) is 0 Å². The Bertz CT molecular complexity index is 319. The van der Waals surface area contributed by atoms with Crippen LogP contribution >= 0.6 is 15.9 Å². The minimum atomic E-state index is -3.08. The molecule has 2 aliphatic heterocycles. The quantitative estimate of drug-likeness (QED) is 0.723. The van der Waals surface area contributed by atoms with Crippen LogP contribution in [0.3, 0.4) is 0 Å². The van der Waals surface area contributed by atoms with Gasteiger partial charge in [-0.3, -0.25) is 0 Å². The van der Waals surface area contributed by atoms with Gasteiger partial charge in [0.1, 0.15) is 0 Å². The molecule has 0 amide bonds. The Kier molecular flexibility index (Phi) is 4.26. The Labute approximate surface area is 106 Å². The van der Waals surface area contributed by atoms with Crippen LogP contribution in [0, 0.1) is 0 Å². The highest BCUT2D eigenvalue weighted by Gasteiger charge is 2.34. The SMILES string of the molecule is O=S(=O)(C1CCOCC1)N1CCC(Br)CC1. The highest BCUT2D eigenvalue weighted by Crippen LogP contribution is 2.25. The van der Waals surface area contributed by atoms with Crippen molar-refractivity contribution in [2.45, 2.75) is 35.8 Å². The van der Waals surface area contributed by atoms with E-state index in [-0.39, 0.29) is 5.25 Å². The number of alkyl halides is 1. The molecular formula is C10H18BrNO3S. The zero-order chi connectivity index (χ0) is 11.6. The number of piperidine rings is 1. The van der Waals surface area contributed by atoms with Crippen LogP contribution in [0.25, 0.3) is 0 Å². The first-order valence-corrected chi connectivity index (χ1v) is 8.23. The highest BCUT2D eigenvalue weighted by molar-refractivity contribution is 9.09. The molecule has 0 unspecified atom stereocenters. The van der Waals surface area contributed by atoms with Crippen molar-refractivity contribution < 1.29 is 13.2 Å². The number of rotatable bonds is 2. The van der Waals surface area contributed by atoms with E-state index in [9.17, 15) is 8.42 Å². The zero-order valence-electron chi connectivity index (χ0n) is 9.27. The number of sulfonamides is 1. The van der Waals surface area contributed by atoms with Crippen molar-refractivity contribution >= 4 is 26.0 Å². The van der Waals surface area contributed by atoms with Crippen LogP contribution in [0.1, 0.15) is 25.7 Å². The number of ether oxygens (including phenoxy) is 1. The monoisotopic (exact) mass is 311 g/mol. The van der Waals surface area contributed by atoms with Crippen LogP contribution < -0.4 is 0 Å². The number of hydrogen-bond acceptors (Lipinski definition) is 3. The average Bonchev–Trinajstić information content (AvgIpc) is 2.31. The lowest BCUT2D eigenvalue weighted by Gasteiger charge is -2.33. The molecule has 0 aromatic rings. The van der Waals surface area contributed by atoms with Crippen LogP contribution in [0.5, 0.6) is 0 Å². The molecule has 2 fully saturated rings. The van der Waals surface area contributed by atoms with E-state index in [4.69, 9.17) is 4.74 Å². The second-order valence-electron chi connectivity index (χ2n) is 4.43. The molecule has 0 saturated carbocycles. The van der Waals surface area contributed by atoms with Crippen LogP contribution in [-0.2, 0) is 14.8 Å². The van der Waals surface area contributed by atoms with Crippen molar-refractivity contribution in [2.24, 2.45) is 0 Å². The maximum atomic E-state index is 12.3. The minimum absolute atomic E-state index is 0.215. The molecule has 0 aromatic heterocycles. The Balaban J connectivity index is 2.00. The second kappa shape index (κ2) is 5.33. The molecular weight excluding hydrogens is 294 g/mol. The summed E-state index contributed by atoms with van der Waals surface area (Å²) >= 11 is 3.54. The van der Waals surface area contributed by atoms with Crippen molar-refractivity contribution in [3.05, 3.63) is 0 Å². The minimum Gasteiger partial charge on any atom is -0.381 e. The van der Waals surface area contributed by atoms with Crippen molar-refractivity contribution in [3.63, 3.8) is 0 Å². The normalized spacial score (nSPS) is 27.1. The van der Waals surface area contributed by atoms with Crippen LogP contribution in [0.2, 0.25) is 0 Å². The van der Waals surface area contributed by atoms with Gasteiger partial charge in [-0.2, -0.15) is 0 Å². The largest absolute Gasteiger partial charge is 0.381 e. The lowest BCUT2D eigenvalue weighted by molar-refractivity contribution is 0.0970.